The van der Waals surface area contributed by atoms with Crippen molar-refractivity contribution in [3.63, 3.8) is 0 Å². The van der Waals surface area contributed by atoms with Gasteiger partial charge in [0.1, 0.15) is 12.4 Å². The van der Waals surface area contributed by atoms with Crippen molar-refractivity contribution in [2.75, 3.05) is 26.2 Å². The van der Waals surface area contributed by atoms with Crippen molar-refractivity contribution in [1.82, 2.24) is 9.80 Å². The van der Waals surface area contributed by atoms with E-state index in [1.807, 2.05) is 18.7 Å². The van der Waals surface area contributed by atoms with Crippen LogP contribution in [0.15, 0.2) is 24.3 Å². The second-order valence-electron chi connectivity index (χ2n) is 6.80. The molecule has 0 bridgehead atoms. The van der Waals surface area contributed by atoms with E-state index in [1.165, 1.54) is 12.1 Å². The number of piperidine rings is 1. The Hall–Kier alpha value is -1.95. The summed E-state index contributed by atoms with van der Waals surface area (Å²) in [4.78, 5) is 28.3. The van der Waals surface area contributed by atoms with Gasteiger partial charge in [-0.1, -0.05) is 6.07 Å². The largest absolute Gasteiger partial charge is 0.368 e. The predicted octanol–water partition coefficient (Wildman–Crippen LogP) is 1.92. The molecule has 6 heteroatoms. The lowest BCUT2D eigenvalue weighted by molar-refractivity contribution is -0.136. The van der Waals surface area contributed by atoms with Crippen molar-refractivity contribution < 1.29 is 18.7 Å². The Bertz CT molecular complexity index is 634. The molecule has 1 aromatic carbocycles. The van der Waals surface area contributed by atoms with E-state index in [4.69, 9.17) is 4.74 Å². The van der Waals surface area contributed by atoms with Gasteiger partial charge >= 0.3 is 0 Å². The first-order chi connectivity index (χ1) is 11.5. The summed E-state index contributed by atoms with van der Waals surface area (Å²) >= 11 is 0. The molecular weight excluding hydrogens is 311 g/mol. The maximum Gasteiger partial charge on any atom is 0.253 e. The second kappa shape index (κ2) is 6.89. The highest BCUT2D eigenvalue weighted by atomic mass is 19.1. The number of halogens is 1. The normalized spacial score (nSPS) is 24.8. The average Bonchev–Trinajstić information content (AvgIpc) is 2.73. The van der Waals surface area contributed by atoms with Gasteiger partial charge in [-0.2, -0.15) is 0 Å². The third kappa shape index (κ3) is 3.43. The highest BCUT2D eigenvalue weighted by molar-refractivity contribution is 5.94. The van der Waals surface area contributed by atoms with Gasteiger partial charge in [0.2, 0.25) is 5.91 Å². The third-order valence-electron chi connectivity index (χ3n) is 4.82. The first-order valence-corrected chi connectivity index (χ1v) is 8.41. The van der Waals surface area contributed by atoms with Crippen LogP contribution in [0, 0.1) is 11.7 Å². The van der Waals surface area contributed by atoms with E-state index in [9.17, 15) is 14.0 Å². The van der Waals surface area contributed by atoms with E-state index in [2.05, 4.69) is 0 Å². The fraction of sp³-hybridized carbons (Fsp3) is 0.556. The number of hydrogen-bond acceptors (Lipinski definition) is 3. The van der Waals surface area contributed by atoms with Gasteiger partial charge < -0.3 is 14.5 Å². The van der Waals surface area contributed by atoms with Gasteiger partial charge in [0.15, 0.2) is 0 Å². The van der Waals surface area contributed by atoms with E-state index >= 15 is 0 Å². The van der Waals surface area contributed by atoms with Crippen LogP contribution in [0.3, 0.4) is 0 Å². The van der Waals surface area contributed by atoms with Crippen molar-refractivity contribution in [3.8, 4) is 0 Å². The van der Waals surface area contributed by atoms with Gasteiger partial charge in [0.25, 0.3) is 5.91 Å². The van der Waals surface area contributed by atoms with Crippen LogP contribution in [0.4, 0.5) is 4.39 Å². The van der Waals surface area contributed by atoms with Gasteiger partial charge in [-0.3, -0.25) is 9.59 Å². The summed E-state index contributed by atoms with van der Waals surface area (Å²) in [7, 11) is 0. The van der Waals surface area contributed by atoms with Crippen LogP contribution in [0.25, 0.3) is 0 Å². The molecule has 2 amide bonds. The number of carbonyl (C=O) groups excluding carboxylic acids is 2. The molecule has 0 saturated carbocycles. The highest BCUT2D eigenvalue weighted by Gasteiger charge is 2.37. The predicted molar refractivity (Wildman–Crippen MR) is 87.0 cm³/mol. The van der Waals surface area contributed by atoms with Crippen molar-refractivity contribution in [2.45, 2.75) is 32.4 Å². The number of rotatable bonds is 2. The Labute approximate surface area is 141 Å². The topological polar surface area (TPSA) is 49.9 Å². The highest BCUT2D eigenvalue weighted by Crippen LogP contribution is 2.26. The Kier molecular flexibility index (Phi) is 4.85. The molecule has 3 rings (SSSR count). The molecule has 0 aliphatic carbocycles. The number of hydrogen-bond donors (Lipinski definition) is 0. The van der Waals surface area contributed by atoms with Gasteiger partial charge in [0.05, 0.1) is 6.10 Å². The lowest BCUT2D eigenvalue weighted by atomic mass is 9.93. The Morgan fingerprint density at radius 3 is 2.83 bits per heavy atom. The van der Waals surface area contributed by atoms with Gasteiger partial charge in [-0.05, 0) is 38.5 Å². The fourth-order valence-electron chi connectivity index (χ4n) is 3.51. The summed E-state index contributed by atoms with van der Waals surface area (Å²) in [6.45, 7) is 5.75. The number of nitrogens with zero attached hydrogens (tertiary/aromatic N) is 2. The third-order valence-corrected chi connectivity index (χ3v) is 4.82. The number of amides is 2. The van der Waals surface area contributed by atoms with Crippen molar-refractivity contribution in [1.29, 1.82) is 0 Å². The summed E-state index contributed by atoms with van der Waals surface area (Å²) in [6.07, 6.45) is 0.694. The zero-order valence-corrected chi connectivity index (χ0v) is 14.1. The van der Waals surface area contributed by atoms with Crippen LogP contribution in [0.1, 0.15) is 30.6 Å². The molecule has 0 N–H and O–H groups in total. The van der Waals surface area contributed by atoms with E-state index in [1.54, 1.807) is 17.0 Å². The molecule has 24 heavy (non-hydrogen) atoms. The van der Waals surface area contributed by atoms with Crippen LogP contribution in [-0.4, -0.2) is 60.0 Å². The first-order valence-electron chi connectivity index (χ1n) is 8.41. The van der Waals surface area contributed by atoms with Crippen LogP contribution in [0.5, 0.6) is 0 Å². The smallest absolute Gasteiger partial charge is 0.253 e. The van der Waals surface area contributed by atoms with E-state index < -0.39 is 5.82 Å². The van der Waals surface area contributed by atoms with Crippen molar-refractivity contribution in [3.05, 3.63) is 35.6 Å². The minimum Gasteiger partial charge on any atom is -0.368 e. The molecule has 1 aromatic rings. The molecule has 0 radical (unpaired) electrons. The SMILES string of the molecule is CC(C)N1C[C@H]2CN(C(=O)c3cccc(F)c3)CC[C@@H]2OCC1=O. The maximum atomic E-state index is 13.4. The number of ether oxygens (including phenoxy) is 1. The molecular formula is C18H23FN2O3. The van der Waals surface area contributed by atoms with E-state index in [0.29, 0.717) is 31.6 Å². The average molecular weight is 334 g/mol. The summed E-state index contributed by atoms with van der Waals surface area (Å²) in [5.41, 5.74) is 0.361. The van der Waals surface area contributed by atoms with Crippen LogP contribution in [-0.2, 0) is 9.53 Å². The van der Waals surface area contributed by atoms with Crippen LogP contribution in [0.2, 0.25) is 0 Å². The molecule has 2 aliphatic rings. The summed E-state index contributed by atoms with van der Waals surface area (Å²) in [6, 6.07) is 5.87. The van der Waals surface area contributed by atoms with Gasteiger partial charge in [-0.15, -0.1) is 0 Å². The van der Waals surface area contributed by atoms with Crippen LogP contribution < -0.4 is 0 Å². The Balaban J connectivity index is 1.74. The van der Waals surface area contributed by atoms with Gasteiger partial charge in [-0.25, -0.2) is 4.39 Å². The lowest BCUT2D eigenvalue weighted by Gasteiger charge is -2.38. The van der Waals surface area contributed by atoms with Crippen molar-refractivity contribution >= 4 is 11.8 Å². The molecule has 2 heterocycles. The minimum atomic E-state index is -0.412. The van der Waals surface area contributed by atoms with Gasteiger partial charge in [0, 0.05) is 37.2 Å². The molecule has 0 aromatic heterocycles. The van der Waals surface area contributed by atoms with E-state index in [0.717, 1.165) is 0 Å². The van der Waals surface area contributed by atoms with E-state index in [-0.39, 0.29) is 36.5 Å². The molecule has 0 unspecified atom stereocenters. The second-order valence-corrected chi connectivity index (χ2v) is 6.80. The molecule has 0 spiro atoms. The zero-order valence-electron chi connectivity index (χ0n) is 14.1. The Morgan fingerprint density at radius 2 is 2.12 bits per heavy atom. The quantitative estimate of drug-likeness (QED) is 0.830. The lowest BCUT2D eigenvalue weighted by Crippen LogP contribution is -2.50. The standard InChI is InChI=1S/C18H23FN2O3/c1-12(2)21-10-14-9-20(7-6-16(14)24-11-17(21)22)18(23)13-4-3-5-15(19)8-13/h3-5,8,12,14,16H,6-7,9-11H2,1-2H3/t14-,16+/m1/s1. The van der Waals surface area contributed by atoms with Crippen molar-refractivity contribution in [2.24, 2.45) is 5.92 Å². The fourth-order valence-corrected chi connectivity index (χ4v) is 3.51. The molecule has 2 fully saturated rings. The molecule has 130 valence electrons. The molecule has 2 saturated heterocycles. The van der Waals surface area contributed by atoms with Crippen LogP contribution >= 0.6 is 0 Å². The number of benzene rings is 1. The molecule has 2 aliphatic heterocycles. The summed E-state index contributed by atoms with van der Waals surface area (Å²) in [5, 5.41) is 0. The summed E-state index contributed by atoms with van der Waals surface area (Å²) < 4.78 is 19.1. The molecule has 5 nitrogen and oxygen atoms in total. The number of carbonyl (C=O) groups is 2. The summed E-state index contributed by atoms with van der Waals surface area (Å²) in [5.74, 6) is -0.489. The number of likely N-dealkylation sites (tertiary alicyclic amines) is 1. The Morgan fingerprint density at radius 1 is 1.33 bits per heavy atom. The molecule has 2 atom stereocenters. The zero-order chi connectivity index (χ0) is 17.3. The number of fused-ring (bicyclic) bond motifs is 1. The minimum absolute atomic E-state index is 0.00223. The monoisotopic (exact) mass is 334 g/mol. The first kappa shape index (κ1) is 16.9. The maximum absolute atomic E-state index is 13.4.